The molecule has 1 aliphatic carbocycles. The Morgan fingerprint density at radius 2 is 1.79 bits per heavy atom. The number of likely N-dealkylation sites (tertiary alicyclic amines) is 1. The summed E-state index contributed by atoms with van der Waals surface area (Å²) in [6.45, 7) is 9.78. The molecule has 1 saturated heterocycles. The lowest BCUT2D eigenvalue weighted by atomic mass is 9.83. The normalized spacial score (nSPS) is 33.5. The van der Waals surface area contributed by atoms with Crippen molar-refractivity contribution in [1.29, 1.82) is 0 Å². The molecule has 1 aliphatic heterocycles. The van der Waals surface area contributed by atoms with Crippen LogP contribution in [0.15, 0.2) is 0 Å². The van der Waals surface area contributed by atoms with Crippen molar-refractivity contribution in [2.24, 2.45) is 11.8 Å². The first-order valence-electron chi connectivity index (χ1n) is 8.78. The van der Waals surface area contributed by atoms with Crippen molar-refractivity contribution in [3.8, 4) is 0 Å². The second kappa shape index (κ2) is 8.26. The first-order chi connectivity index (χ1) is 9.33. The van der Waals surface area contributed by atoms with E-state index in [1.54, 1.807) is 0 Å². The lowest BCUT2D eigenvalue weighted by Crippen LogP contribution is -2.46. The number of nitrogens with zero attached hydrogens (tertiary/aromatic N) is 1. The fourth-order valence-corrected chi connectivity index (χ4v) is 4.00. The summed E-state index contributed by atoms with van der Waals surface area (Å²) in [5.74, 6) is 1.94. The predicted octanol–water partition coefficient (Wildman–Crippen LogP) is 3.67. The van der Waals surface area contributed by atoms with Crippen LogP contribution in [0.5, 0.6) is 0 Å². The van der Waals surface area contributed by atoms with E-state index >= 15 is 0 Å². The van der Waals surface area contributed by atoms with Crippen molar-refractivity contribution in [3.63, 3.8) is 0 Å². The third-order valence-electron chi connectivity index (χ3n) is 5.32. The van der Waals surface area contributed by atoms with Crippen molar-refractivity contribution in [2.75, 3.05) is 26.2 Å². The highest BCUT2D eigenvalue weighted by Gasteiger charge is 2.28. The molecule has 1 unspecified atom stereocenters. The van der Waals surface area contributed by atoms with E-state index < -0.39 is 0 Å². The Labute approximate surface area is 120 Å². The minimum atomic E-state index is 0.907. The van der Waals surface area contributed by atoms with Gasteiger partial charge in [0.2, 0.25) is 0 Å². The zero-order valence-corrected chi connectivity index (χ0v) is 13.2. The summed E-state index contributed by atoms with van der Waals surface area (Å²) in [6.07, 6.45) is 11.4. The molecule has 112 valence electrons. The lowest BCUT2D eigenvalue weighted by molar-refractivity contribution is 0.0861. The van der Waals surface area contributed by atoms with Gasteiger partial charge in [0, 0.05) is 12.6 Å². The summed E-state index contributed by atoms with van der Waals surface area (Å²) in [4.78, 5) is 2.83. The molecule has 0 aromatic heterocycles. The van der Waals surface area contributed by atoms with E-state index in [1.807, 2.05) is 0 Å². The predicted molar refractivity (Wildman–Crippen MR) is 83.5 cm³/mol. The standard InChI is InChI=1S/C17H34N2/c1-3-11-18-13-16-6-5-12-19(14-16)17-9-7-15(4-2)8-10-17/h15-18H,3-14H2,1-2H3. The number of nitrogens with one attached hydrogen (secondary N) is 1. The molecule has 1 saturated carbocycles. The van der Waals surface area contributed by atoms with Crippen LogP contribution in [0.1, 0.15) is 65.2 Å². The lowest BCUT2D eigenvalue weighted by Gasteiger charge is -2.41. The maximum absolute atomic E-state index is 3.62. The van der Waals surface area contributed by atoms with Crippen LogP contribution < -0.4 is 5.32 Å². The molecule has 0 radical (unpaired) electrons. The molecule has 1 atom stereocenters. The van der Waals surface area contributed by atoms with Crippen molar-refractivity contribution in [1.82, 2.24) is 10.2 Å². The van der Waals surface area contributed by atoms with Crippen LogP contribution >= 0.6 is 0 Å². The van der Waals surface area contributed by atoms with Crippen molar-refractivity contribution < 1.29 is 0 Å². The van der Waals surface area contributed by atoms with Gasteiger partial charge in [-0.15, -0.1) is 0 Å². The smallest absolute Gasteiger partial charge is 0.00955 e. The Morgan fingerprint density at radius 3 is 2.47 bits per heavy atom. The number of hydrogen-bond acceptors (Lipinski definition) is 2. The second-order valence-electron chi connectivity index (χ2n) is 6.79. The second-order valence-corrected chi connectivity index (χ2v) is 6.79. The third kappa shape index (κ3) is 4.75. The van der Waals surface area contributed by atoms with Gasteiger partial charge in [0.25, 0.3) is 0 Å². The van der Waals surface area contributed by atoms with Crippen LogP contribution in [0.2, 0.25) is 0 Å². The highest BCUT2D eigenvalue weighted by atomic mass is 15.2. The Bertz CT molecular complexity index is 233. The van der Waals surface area contributed by atoms with Gasteiger partial charge in [0.15, 0.2) is 0 Å². The largest absolute Gasteiger partial charge is 0.316 e. The maximum atomic E-state index is 3.62. The quantitative estimate of drug-likeness (QED) is 0.738. The summed E-state index contributed by atoms with van der Waals surface area (Å²) >= 11 is 0. The molecular weight excluding hydrogens is 232 g/mol. The van der Waals surface area contributed by atoms with E-state index in [9.17, 15) is 0 Å². The number of piperidine rings is 1. The minimum absolute atomic E-state index is 0.907. The van der Waals surface area contributed by atoms with Gasteiger partial charge in [-0.05, 0) is 76.4 Å². The van der Waals surface area contributed by atoms with Gasteiger partial charge in [0.1, 0.15) is 0 Å². The molecule has 1 heterocycles. The summed E-state index contributed by atoms with van der Waals surface area (Å²) in [7, 11) is 0. The Kier molecular flexibility index (Phi) is 6.66. The van der Waals surface area contributed by atoms with Gasteiger partial charge >= 0.3 is 0 Å². The van der Waals surface area contributed by atoms with Gasteiger partial charge in [0.05, 0.1) is 0 Å². The van der Waals surface area contributed by atoms with E-state index in [4.69, 9.17) is 0 Å². The van der Waals surface area contributed by atoms with Gasteiger partial charge in [-0.25, -0.2) is 0 Å². The summed E-state index contributed by atoms with van der Waals surface area (Å²) in [6, 6.07) is 0.914. The van der Waals surface area contributed by atoms with Crippen molar-refractivity contribution in [2.45, 2.75) is 71.3 Å². The Morgan fingerprint density at radius 1 is 1.00 bits per heavy atom. The van der Waals surface area contributed by atoms with E-state index in [0.29, 0.717) is 0 Å². The highest BCUT2D eigenvalue weighted by molar-refractivity contribution is 4.84. The molecule has 2 nitrogen and oxygen atoms in total. The zero-order valence-electron chi connectivity index (χ0n) is 13.2. The monoisotopic (exact) mass is 266 g/mol. The van der Waals surface area contributed by atoms with Crippen molar-refractivity contribution in [3.05, 3.63) is 0 Å². The van der Waals surface area contributed by atoms with Gasteiger partial charge in [-0.2, -0.15) is 0 Å². The van der Waals surface area contributed by atoms with Crippen LogP contribution in [-0.2, 0) is 0 Å². The van der Waals surface area contributed by atoms with Gasteiger partial charge in [-0.1, -0.05) is 20.3 Å². The molecule has 19 heavy (non-hydrogen) atoms. The highest BCUT2D eigenvalue weighted by Crippen LogP contribution is 2.31. The van der Waals surface area contributed by atoms with E-state index in [2.05, 4.69) is 24.1 Å². The fourth-order valence-electron chi connectivity index (χ4n) is 4.00. The zero-order chi connectivity index (χ0) is 13.5. The molecule has 0 aromatic carbocycles. The fraction of sp³-hybridized carbons (Fsp3) is 1.00. The number of rotatable bonds is 6. The molecule has 2 heteroatoms. The molecular formula is C17H34N2. The summed E-state index contributed by atoms with van der Waals surface area (Å²) < 4.78 is 0. The molecule has 0 bridgehead atoms. The Balaban J connectivity index is 1.71. The topological polar surface area (TPSA) is 15.3 Å². The van der Waals surface area contributed by atoms with E-state index in [-0.39, 0.29) is 0 Å². The van der Waals surface area contributed by atoms with Crippen LogP contribution in [0.4, 0.5) is 0 Å². The molecule has 0 amide bonds. The molecule has 2 fully saturated rings. The average Bonchev–Trinajstić information content (AvgIpc) is 2.48. The van der Waals surface area contributed by atoms with Crippen LogP contribution in [-0.4, -0.2) is 37.1 Å². The van der Waals surface area contributed by atoms with Gasteiger partial charge in [-0.3, -0.25) is 0 Å². The van der Waals surface area contributed by atoms with Crippen LogP contribution in [0.3, 0.4) is 0 Å². The van der Waals surface area contributed by atoms with E-state index in [1.165, 1.54) is 77.5 Å². The first kappa shape index (κ1) is 15.3. The third-order valence-corrected chi connectivity index (χ3v) is 5.32. The maximum Gasteiger partial charge on any atom is 0.00955 e. The van der Waals surface area contributed by atoms with Crippen molar-refractivity contribution >= 4 is 0 Å². The average molecular weight is 266 g/mol. The minimum Gasteiger partial charge on any atom is -0.316 e. The van der Waals surface area contributed by atoms with Gasteiger partial charge < -0.3 is 10.2 Å². The van der Waals surface area contributed by atoms with Crippen LogP contribution in [0, 0.1) is 11.8 Å². The Hall–Kier alpha value is -0.0800. The number of hydrogen-bond donors (Lipinski definition) is 1. The first-order valence-corrected chi connectivity index (χ1v) is 8.78. The molecule has 0 aromatic rings. The molecule has 2 aliphatic rings. The van der Waals surface area contributed by atoms with Crippen LogP contribution in [0.25, 0.3) is 0 Å². The molecule has 0 spiro atoms. The molecule has 2 rings (SSSR count). The van der Waals surface area contributed by atoms with E-state index in [0.717, 1.165) is 17.9 Å². The summed E-state index contributed by atoms with van der Waals surface area (Å²) in [5, 5.41) is 3.62. The SMILES string of the molecule is CCCNCC1CCCN(C2CCC(CC)CC2)C1. The summed E-state index contributed by atoms with van der Waals surface area (Å²) in [5.41, 5.74) is 0. The molecule has 1 N–H and O–H groups in total.